The Morgan fingerprint density at radius 1 is 1.14 bits per heavy atom. The minimum Gasteiger partial charge on any atom is -0.494 e. The first-order chi connectivity index (χ1) is 10.3. The molecule has 0 saturated carbocycles. The van der Waals surface area contributed by atoms with Gasteiger partial charge in [-0.15, -0.1) is 11.3 Å². The van der Waals surface area contributed by atoms with E-state index in [-0.39, 0.29) is 6.04 Å². The minimum atomic E-state index is 0.151. The first-order valence-corrected chi connectivity index (χ1v) is 8.71. The maximum atomic E-state index is 6.31. The Kier molecular flexibility index (Phi) is 6.55. The fourth-order valence-electron chi connectivity index (χ4n) is 2.14. The molecule has 1 aromatic carbocycles. The zero-order chi connectivity index (χ0) is 15.1. The molecule has 2 nitrogen and oxygen atoms in total. The fourth-order valence-corrected chi connectivity index (χ4v) is 3.41. The zero-order valence-electron chi connectivity index (χ0n) is 12.6. The monoisotopic (exact) mass is 323 g/mol. The van der Waals surface area contributed by atoms with Crippen LogP contribution in [-0.4, -0.2) is 13.2 Å². The predicted octanol–water partition coefficient (Wildman–Crippen LogP) is 5.28. The van der Waals surface area contributed by atoms with Crippen LogP contribution in [0.3, 0.4) is 0 Å². The van der Waals surface area contributed by atoms with Crippen molar-refractivity contribution in [3.8, 4) is 5.75 Å². The molecule has 1 N–H and O–H groups in total. The van der Waals surface area contributed by atoms with Crippen molar-refractivity contribution in [3.05, 3.63) is 51.2 Å². The summed E-state index contributed by atoms with van der Waals surface area (Å²) in [5.74, 6) is 0.923. The van der Waals surface area contributed by atoms with Crippen molar-refractivity contribution in [2.24, 2.45) is 0 Å². The summed E-state index contributed by atoms with van der Waals surface area (Å²) in [6.45, 7) is 6.00. The lowest BCUT2D eigenvalue weighted by Crippen LogP contribution is -2.22. The van der Waals surface area contributed by atoms with Crippen molar-refractivity contribution in [1.82, 2.24) is 5.32 Å². The number of ether oxygens (including phenoxy) is 1. The summed E-state index contributed by atoms with van der Waals surface area (Å²) in [6.07, 6.45) is 2.12. The molecule has 0 amide bonds. The molecule has 114 valence electrons. The molecular formula is C17H22ClNOS. The van der Waals surface area contributed by atoms with Crippen LogP contribution in [0, 0.1) is 0 Å². The number of hydrogen-bond donors (Lipinski definition) is 1. The standard InChI is InChI=1S/C17H22ClNOS/c1-3-10-19-16(17-15(18)9-12-21-17)13-5-7-14(8-6-13)20-11-4-2/h5-9,12,16,19H,3-4,10-11H2,1-2H3. The van der Waals surface area contributed by atoms with E-state index in [1.807, 2.05) is 23.6 Å². The molecule has 1 aromatic heterocycles. The molecule has 0 spiro atoms. The summed E-state index contributed by atoms with van der Waals surface area (Å²) < 4.78 is 5.64. The van der Waals surface area contributed by atoms with Crippen molar-refractivity contribution in [2.75, 3.05) is 13.2 Å². The van der Waals surface area contributed by atoms with E-state index < -0.39 is 0 Å². The topological polar surface area (TPSA) is 21.3 Å². The SMILES string of the molecule is CCCNC(c1ccc(OCCC)cc1)c1sccc1Cl. The van der Waals surface area contributed by atoms with E-state index in [9.17, 15) is 0 Å². The molecule has 0 aliphatic carbocycles. The lowest BCUT2D eigenvalue weighted by atomic mass is 10.0. The van der Waals surface area contributed by atoms with Gasteiger partial charge in [0.1, 0.15) is 5.75 Å². The van der Waals surface area contributed by atoms with Crippen molar-refractivity contribution in [1.29, 1.82) is 0 Å². The molecular weight excluding hydrogens is 302 g/mol. The van der Waals surface area contributed by atoms with Crippen molar-refractivity contribution in [3.63, 3.8) is 0 Å². The average Bonchev–Trinajstić information content (AvgIpc) is 2.93. The fraction of sp³-hybridized carbons (Fsp3) is 0.412. The number of thiophene rings is 1. The van der Waals surface area contributed by atoms with Gasteiger partial charge in [-0.25, -0.2) is 0 Å². The zero-order valence-corrected chi connectivity index (χ0v) is 14.1. The van der Waals surface area contributed by atoms with Crippen LogP contribution < -0.4 is 10.1 Å². The number of rotatable bonds is 8. The van der Waals surface area contributed by atoms with Gasteiger partial charge >= 0.3 is 0 Å². The maximum Gasteiger partial charge on any atom is 0.119 e. The molecule has 21 heavy (non-hydrogen) atoms. The molecule has 0 fully saturated rings. The molecule has 1 atom stereocenters. The third-order valence-corrected chi connectivity index (χ3v) is 4.62. The van der Waals surface area contributed by atoms with Crippen LogP contribution in [0.25, 0.3) is 0 Å². The predicted molar refractivity (Wildman–Crippen MR) is 91.7 cm³/mol. The maximum absolute atomic E-state index is 6.31. The van der Waals surface area contributed by atoms with Gasteiger partial charge in [-0.1, -0.05) is 37.6 Å². The first-order valence-electron chi connectivity index (χ1n) is 7.45. The van der Waals surface area contributed by atoms with E-state index >= 15 is 0 Å². The number of benzene rings is 1. The van der Waals surface area contributed by atoms with Gasteiger partial charge < -0.3 is 10.1 Å². The Hall–Kier alpha value is -1.03. The highest BCUT2D eigenvalue weighted by Crippen LogP contribution is 2.33. The minimum absolute atomic E-state index is 0.151. The summed E-state index contributed by atoms with van der Waals surface area (Å²) in [7, 11) is 0. The Labute approximate surface area is 136 Å². The van der Waals surface area contributed by atoms with Gasteiger partial charge in [0.2, 0.25) is 0 Å². The third-order valence-electron chi connectivity index (χ3n) is 3.19. The van der Waals surface area contributed by atoms with Crippen LogP contribution in [0.4, 0.5) is 0 Å². The first kappa shape index (κ1) is 16.3. The van der Waals surface area contributed by atoms with Crippen LogP contribution in [-0.2, 0) is 0 Å². The molecule has 0 radical (unpaired) electrons. The number of halogens is 1. The summed E-state index contributed by atoms with van der Waals surface area (Å²) in [4.78, 5) is 1.17. The average molecular weight is 324 g/mol. The highest BCUT2D eigenvalue weighted by Gasteiger charge is 2.17. The molecule has 4 heteroatoms. The largest absolute Gasteiger partial charge is 0.494 e. The van der Waals surface area contributed by atoms with E-state index in [0.717, 1.165) is 36.8 Å². The van der Waals surface area contributed by atoms with E-state index in [1.165, 1.54) is 10.4 Å². The highest BCUT2D eigenvalue weighted by molar-refractivity contribution is 7.10. The normalized spacial score (nSPS) is 12.3. The Morgan fingerprint density at radius 3 is 2.48 bits per heavy atom. The number of hydrogen-bond acceptors (Lipinski definition) is 3. The second-order valence-electron chi connectivity index (χ2n) is 4.94. The molecule has 2 aromatic rings. The lowest BCUT2D eigenvalue weighted by molar-refractivity contribution is 0.317. The van der Waals surface area contributed by atoms with Crippen LogP contribution >= 0.6 is 22.9 Å². The Balaban J connectivity index is 2.18. The van der Waals surface area contributed by atoms with E-state index in [0.29, 0.717) is 0 Å². The van der Waals surface area contributed by atoms with Crippen LogP contribution in [0.2, 0.25) is 5.02 Å². The quantitative estimate of drug-likeness (QED) is 0.713. The Bertz CT molecular complexity index is 538. The van der Waals surface area contributed by atoms with Crippen LogP contribution in [0.15, 0.2) is 35.7 Å². The van der Waals surface area contributed by atoms with Gasteiger partial charge in [0, 0.05) is 4.88 Å². The summed E-state index contributed by atoms with van der Waals surface area (Å²) >= 11 is 8.00. The second-order valence-corrected chi connectivity index (χ2v) is 6.29. The molecule has 0 saturated heterocycles. The van der Waals surface area contributed by atoms with E-state index in [2.05, 4.69) is 31.3 Å². The summed E-state index contributed by atoms with van der Waals surface area (Å²) in [5, 5.41) is 6.45. The van der Waals surface area contributed by atoms with Crippen molar-refractivity contribution < 1.29 is 4.74 Å². The molecule has 0 aliphatic heterocycles. The number of nitrogens with one attached hydrogen (secondary N) is 1. The van der Waals surface area contributed by atoms with Crippen LogP contribution in [0.5, 0.6) is 5.75 Å². The lowest BCUT2D eigenvalue weighted by Gasteiger charge is -2.19. The molecule has 0 bridgehead atoms. The third kappa shape index (κ3) is 4.47. The van der Waals surface area contributed by atoms with E-state index in [1.54, 1.807) is 11.3 Å². The van der Waals surface area contributed by atoms with Gasteiger partial charge in [0.05, 0.1) is 17.7 Å². The molecule has 0 aliphatic rings. The summed E-state index contributed by atoms with van der Waals surface area (Å²) in [6, 6.07) is 10.4. The van der Waals surface area contributed by atoms with Gasteiger partial charge in [-0.3, -0.25) is 0 Å². The van der Waals surface area contributed by atoms with Crippen molar-refractivity contribution in [2.45, 2.75) is 32.7 Å². The van der Waals surface area contributed by atoms with Gasteiger partial charge in [0.25, 0.3) is 0 Å². The van der Waals surface area contributed by atoms with E-state index in [4.69, 9.17) is 16.3 Å². The second kappa shape index (κ2) is 8.42. The van der Waals surface area contributed by atoms with Gasteiger partial charge in [-0.2, -0.15) is 0 Å². The highest BCUT2D eigenvalue weighted by atomic mass is 35.5. The van der Waals surface area contributed by atoms with Gasteiger partial charge in [0.15, 0.2) is 0 Å². The molecule has 1 unspecified atom stereocenters. The summed E-state index contributed by atoms with van der Waals surface area (Å²) in [5.41, 5.74) is 1.22. The van der Waals surface area contributed by atoms with Crippen LogP contribution in [0.1, 0.15) is 43.2 Å². The molecule has 2 rings (SSSR count). The molecule has 1 heterocycles. The smallest absolute Gasteiger partial charge is 0.119 e. The Morgan fingerprint density at radius 2 is 1.90 bits per heavy atom. The van der Waals surface area contributed by atoms with Crippen molar-refractivity contribution >= 4 is 22.9 Å². The van der Waals surface area contributed by atoms with Gasteiger partial charge in [-0.05, 0) is 48.5 Å².